The maximum atomic E-state index is 15.7. The molecular weight excluding hydrogens is 1780 g/mol. The van der Waals surface area contributed by atoms with Crippen LogP contribution in [0.5, 0.6) is 0 Å². The summed E-state index contributed by atoms with van der Waals surface area (Å²) in [4.78, 5) is 262. The molecule has 9 rings (SSSR count). The first-order chi connectivity index (χ1) is 64.2. The Morgan fingerprint density at radius 1 is 0.563 bits per heavy atom. The van der Waals surface area contributed by atoms with Crippen molar-refractivity contribution in [2.75, 3.05) is 78.5 Å². The number of aromatic nitrogens is 2. The number of likely N-dealkylation sites (N-methyl/N-ethyl adjacent to an activating group) is 3. The number of aliphatic hydroxyl groups is 2. The van der Waals surface area contributed by atoms with Crippen LogP contribution in [0.3, 0.4) is 0 Å². The first kappa shape index (κ1) is 106. The van der Waals surface area contributed by atoms with Crippen molar-refractivity contribution >= 4 is 140 Å². The maximum absolute atomic E-state index is 15.7. The summed E-state index contributed by atoms with van der Waals surface area (Å²) in [6.07, 6.45) is 0.948. The number of rotatable bonds is 23. The van der Waals surface area contributed by atoms with Crippen LogP contribution in [0.1, 0.15) is 135 Å². The predicted octanol–water partition coefficient (Wildman–Crippen LogP) is -3.10. The lowest BCUT2D eigenvalue weighted by atomic mass is 9.91. The van der Waals surface area contributed by atoms with Crippen molar-refractivity contribution in [2.24, 2.45) is 29.0 Å². The number of halogens is 2. The van der Waals surface area contributed by atoms with Crippen LogP contribution in [-0.4, -0.2) is 320 Å². The molecule has 4 saturated heterocycles. The molecule has 45 heteroatoms. The Labute approximate surface area is 783 Å². The number of amides is 17. The zero-order valence-corrected chi connectivity index (χ0v) is 77.8. The SMILES string of the molecule is CCCC[C@H]1C(=O)N(C)[C@@H](CCCC)C(=O)N[C@@H](CCCNC(=N)N)C(=O)N[C@H](C(=O)NCC(N)=O)CSCC(=O)N[C@@H](Cc2ccc(F)c(F)c2)C(=O)N(C)[C@@H](C)C(=O)N[C@H]2CC(=O)NCC3CC[C@@H](C(=O)N[C@@H](CN)C(=O)N[C@@H](CC(C)C)C(=O)N4C[C@H](O)C[C@H]4C(=O)N[C@@H](Cc4c[nH]c5ccccc45)C(=O)N[C@@H](CO)C(=O)N[C@@H](Cc4c[nH]c5ccccc45)C(=O)N1C)N(C3)C2=O. The van der Waals surface area contributed by atoms with E-state index in [0.717, 1.165) is 49.7 Å². The van der Waals surface area contributed by atoms with Gasteiger partial charge in [0, 0.05) is 120 Å². The number of thioether (sulfide) groups is 1. The highest BCUT2D eigenvalue weighted by Crippen LogP contribution is 2.29. The third kappa shape index (κ3) is 28.8. The summed E-state index contributed by atoms with van der Waals surface area (Å²) in [6.45, 7) is 5.22. The lowest BCUT2D eigenvalue weighted by Gasteiger charge is -2.40. The zero-order chi connectivity index (χ0) is 98.8. The van der Waals surface area contributed by atoms with E-state index in [1.807, 2.05) is 13.8 Å². The molecule has 0 aliphatic carbocycles. The molecule has 3 aromatic carbocycles. The van der Waals surface area contributed by atoms with Crippen molar-refractivity contribution in [3.05, 3.63) is 107 Å². The van der Waals surface area contributed by atoms with Gasteiger partial charge in [0.15, 0.2) is 17.6 Å². The van der Waals surface area contributed by atoms with Gasteiger partial charge < -0.3 is 126 Å². The number of primary amides is 1. The smallest absolute Gasteiger partial charge is 0.246 e. The number of H-pyrrole nitrogens is 2. The molecule has 0 spiro atoms. The Balaban J connectivity index is 1.10. The van der Waals surface area contributed by atoms with Crippen molar-refractivity contribution in [1.82, 2.24) is 98.3 Å². The third-order valence-electron chi connectivity index (χ3n) is 24.6. The number of nitrogens with zero attached hydrogens (tertiary/aromatic N) is 5. The lowest BCUT2D eigenvalue weighted by Crippen LogP contribution is -2.63. The monoisotopic (exact) mass is 1900 g/mol. The quantitative estimate of drug-likeness (QED) is 0.0175. The Morgan fingerprint density at radius 3 is 1.74 bits per heavy atom. The Hall–Kier alpha value is -12.9. The number of guanidine groups is 1. The molecule has 0 radical (unpaired) electrons. The minimum absolute atomic E-state index is 0.0102. The molecule has 42 nitrogen and oxygen atoms in total. The second-order valence-corrected chi connectivity index (χ2v) is 36.1. The summed E-state index contributed by atoms with van der Waals surface area (Å²) in [5.74, 6) is -21.2. The van der Waals surface area contributed by atoms with Crippen molar-refractivity contribution in [2.45, 2.75) is 228 Å². The summed E-state index contributed by atoms with van der Waals surface area (Å²) in [7, 11) is 3.81. The molecule has 736 valence electrons. The molecule has 5 aromatic rings. The molecular formula is C90H127F2N23O19S. The van der Waals surface area contributed by atoms with Gasteiger partial charge in [0.2, 0.25) is 100 Å². The molecule has 4 fully saturated rings. The Bertz CT molecular complexity index is 5140. The average Bonchev–Trinajstić information content (AvgIpc) is 1.54. The first-order valence-corrected chi connectivity index (χ1v) is 46.5. The summed E-state index contributed by atoms with van der Waals surface area (Å²) in [5.41, 5.74) is 19.5. The van der Waals surface area contributed by atoms with Crippen LogP contribution in [0.25, 0.3) is 21.8 Å². The summed E-state index contributed by atoms with van der Waals surface area (Å²) in [6, 6.07) is -5.66. The van der Waals surface area contributed by atoms with E-state index in [4.69, 9.17) is 22.6 Å². The highest BCUT2D eigenvalue weighted by molar-refractivity contribution is 8.00. The standard InChI is InChI=1S/C90H127F2N23O19S/c1-9-11-23-69-82(127)103-60(22-17-29-97-90(95)96)78(123)110-68(77(122)101-41-73(94)118)45-135-46-75(120)102-63(32-49-25-27-56(91)57(92)31-49)85(130)111(6)48(5)76(121)105-65-36-74(119)100-38-50-26-28-70(114(42-50)88(65)133)83(128)108-66(37-93)80(125)106-62(30-47(3)4)87(132)115-43-53(117)35-72(115)84(129)104-61(33-51-39-98-58-20-15-13-18-54(51)58)79(124)109-67(44-116)81(126)107-64(34-52-40-99-59-21-16-14-19-55(52)59)86(131)113(8)71(24-12-10-2)89(134)112(69)7/h13-16,18-21,25,27,31,39-40,47-48,50,53,60-72,98-99,116-117H,9-12,17,22-24,26,28-30,32-38,41-46,93H2,1-8H3,(H2,94,118)(H,100,119)(H,101,122)(H,102,120)(H,103,127)(H,104,129)(H,105,121)(H,106,125)(H,107,126)(H,108,128)(H,109,124)(H,110,123)(H4,95,96,97)/t48-,50?,53+,60-,61-,62-,63-,64-,65-,66-,67-,68-,69-,70-,71-,72-/m0/s1. The summed E-state index contributed by atoms with van der Waals surface area (Å²) < 4.78 is 29.4. The van der Waals surface area contributed by atoms with Crippen LogP contribution < -0.4 is 81.0 Å². The van der Waals surface area contributed by atoms with Crippen LogP contribution in [0, 0.1) is 28.9 Å². The van der Waals surface area contributed by atoms with Gasteiger partial charge >= 0.3 is 0 Å². The number of piperidine rings is 1. The van der Waals surface area contributed by atoms with Gasteiger partial charge in [0.25, 0.3) is 0 Å². The normalized spacial score (nSPS) is 25.9. The van der Waals surface area contributed by atoms with E-state index in [-0.39, 0.29) is 88.9 Å². The second kappa shape index (κ2) is 49.9. The minimum Gasteiger partial charge on any atom is -0.394 e. The number of unbranched alkanes of at least 4 members (excludes halogenated alkanes) is 2. The van der Waals surface area contributed by atoms with Crippen molar-refractivity contribution in [3.8, 4) is 0 Å². The van der Waals surface area contributed by atoms with E-state index >= 15 is 38.4 Å². The molecule has 17 amide bonds. The Morgan fingerprint density at radius 2 is 1.12 bits per heavy atom. The van der Waals surface area contributed by atoms with Gasteiger partial charge in [-0.1, -0.05) is 95.8 Å². The van der Waals surface area contributed by atoms with Gasteiger partial charge in [0.1, 0.15) is 84.6 Å². The van der Waals surface area contributed by atoms with E-state index < -0.39 is 272 Å². The predicted molar refractivity (Wildman–Crippen MR) is 492 cm³/mol. The number of aliphatic hydroxyl groups excluding tert-OH is 2. The number of benzene rings is 3. The van der Waals surface area contributed by atoms with E-state index in [1.54, 1.807) is 74.8 Å². The topological polar surface area (TPSA) is 625 Å². The fraction of sp³-hybridized carbons (Fsp3) is 0.556. The molecule has 16 atom stereocenters. The molecule has 135 heavy (non-hydrogen) atoms. The number of nitrogens with two attached hydrogens (primary N) is 3. The number of carbonyl (C=O) groups is 17. The molecule has 6 heterocycles. The average molecular weight is 1910 g/mol. The van der Waals surface area contributed by atoms with Crippen LogP contribution in [0.2, 0.25) is 0 Å². The zero-order valence-electron chi connectivity index (χ0n) is 77.0. The van der Waals surface area contributed by atoms with E-state index in [1.165, 1.54) is 21.0 Å². The fourth-order valence-electron chi connectivity index (χ4n) is 17.0. The maximum Gasteiger partial charge on any atom is 0.246 e. The van der Waals surface area contributed by atoms with Crippen molar-refractivity contribution in [3.63, 3.8) is 0 Å². The minimum atomic E-state index is -1.90. The molecule has 23 N–H and O–H groups in total. The Kier molecular flexibility index (Phi) is 39.1. The van der Waals surface area contributed by atoms with Crippen LogP contribution >= 0.6 is 11.8 Å². The fourth-order valence-corrected chi connectivity index (χ4v) is 17.8. The van der Waals surface area contributed by atoms with Gasteiger partial charge in [-0.3, -0.25) is 86.9 Å². The van der Waals surface area contributed by atoms with Gasteiger partial charge in [0.05, 0.1) is 31.4 Å². The number of para-hydroxylation sites is 2. The molecule has 4 aliphatic heterocycles. The van der Waals surface area contributed by atoms with Crippen LogP contribution in [0.4, 0.5) is 8.78 Å². The number of nitrogens with one attached hydrogen (secondary N) is 15. The number of aromatic amines is 2. The number of fused-ring (bicyclic) bond motifs is 5. The van der Waals surface area contributed by atoms with Crippen molar-refractivity contribution < 1.29 is 101 Å². The van der Waals surface area contributed by atoms with E-state index in [9.17, 15) is 62.1 Å². The molecule has 1 unspecified atom stereocenters. The third-order valence-corrected chi connectivity index (χ3v) is 25.7. The van der Waals surface area contributed by atoms with E-state index in [2.05, 4.69) is 73.8 Å². The highest BCUT2D eigenvalue weighted by atomic mass is 32.2. The largest absolute Gasteiger partial charge is 0.394 e. The number of hydrogen-bond donors (Lipinski definition) is 20. The number of hydrogen-bond acceptors (Lipinski definition) is 22. The number of carbonyl (C=O) groups excluding carboxylic acids is 17. The molecule has 4 aliphatic rings. The van der Waals surface area contributed by atoms with Gasteiger partial charge in [-0.25, -0.2) is 8.78 Å². The van der Waals surface area contributed by atoms with Gasteiger partial charge in [-0.15, -0.1) is 11.8 Å². The molecule has 0 saturated carbocycles. The molecule has 3 bridgehead atoms. The summed E-state index contributed by atoms with van der Waals surface area (Å²) >= 11 is 0.696. The first-order valence-electron chi connectivity index (χ1n) is 45.4. The van der Waals surface area contributed by atoms with Gasteiger partial charge in [-0.05, 0) is 105 Å². The van der Waals surface area contributed by atoms with E-state index in [0.29, 0.717) is 70.4 Å². The summed E-state index contributed by atoms with van der Waals surface area (Å²) in [5, 5.41) is 63.1. The van der Waals surface area contributed by atoms with Crippen LogP contribution in [-0.2, 0) is 101 Å². The highest BCUT2D eigenvalue weighted by Gasteiger charge is 2.47. The van der Waals surface area contributed by atoms with Crippen LogP contribution in [0.15, 0.2) is 79.1 Å². The molecule has 2 aromatic heterocycles. The lowest BCUT2D eigenvalue weighted by molar-refractivity contribution is -0.149. The van der Waals surface area contributed by atoms with Crippen molar-refractivity contribution in [1.29, 1.82) is 5.41 Å². The second-order valence-electron chi connectivity index (χ2n) is 35.1. The van der Waals surface area contributed by atoms with Gasteiger partial charge in [-0.2, -0.15) is 0 Å².